The van der Waals surface area contributed by atoms with Gasteiger partial charge in [0, 0.05) is 18.5 Å². The Labute approximate surface area is 123 Å². The van der Waals surface area contributed by atoms with E-state index in [0.29, 0.717) is 31.9 Å². The van der Waals surface area contributed by atoms with Crippen LogP contribution in [0.1, 0.15) is 24.9 Å². The topological polar surface area (TPSA) is 59.1 Å². The Hall–Kier alpha value is -1.36. The van der Waals surface area contributed by atoms with Crippen LogP contribution in [0.4, 0.5) is 0 Å². The summed E-state index contributed by atoms with van der Waals surface area (Å²) >= 11 is 0. The van der Waals surface area contributed by atoms with Crippen molar-refractivity contribution >= 4 is 13.5 Å². The third kappa shape index (κ3) is 1.79. The molecule has 112 valence electrons. The summed E-state index contributed by atoms with van der Waals surface area (Å²) < 4.78 is 24.4. The van der Waals surface area contributed by atoms with Crippen LogP contribution in [0.5, 0.6) is 5.75 Å². The molecule has 0 N–H and O–H groups in total. The van der Waals surface area contributed by atoms with Crippen molar-refractivity contribution < 1.29 is 18.4 Å². The van der Waals surface area contributed by atoms with Gasteiger partial charge in [0.1, 0.15) is 11.4 Å². The summed E-state index contributed by atoms with van der Waals surface area (Å²) in [4.78, 5) is 12.0. The average molecular weight is 308 g/mol. The van der Waals surface area contributed by atoms with Crippen LogP contribution in [-0.4, -0.2) is 41.3 Å². The molecule has 3 aliphatic rings. The Morgan fingerprint density at radius 2 is 2.24 bits per heavy atom. The summed E-state index contributed by atoms with van der Waals surface area (Å²) in [5.74, 6) is 0.696. The van der Waals surface area contributed by atoms with E-state index in [0.717, 1.165) is 5.56 Å². The van der Waals surface area contributed by atoms with Gasteiger partial charge in [0.15, 0.2) is 0 Å². The number of rotatable bonds is 2. The number of hydrazine groups is 1. The van der Waals surface area contributed by atoms with Crippen molar-refractivity contribution in [3.63, 3.8) is 0 Å². The normalized spacial score (nSPS) is 34.3. The van der Waals surface area contributed by atoms with E-state index in [-0.39, 0.29) is 17.6 Å². The number of carbonyl (C=O) groups is 1. The smallest absolute Gasteiger partial charge is 0.386 e. The predicted octanol–water partition coefficient (Wildman–Crippen LogP) is 2.18. The lowest BCUT2D eigenvalue weighted by Crippen LogP contribution is -2.34. The number of hydrogen-bond donors (Lipinski definition) is 0. The molecule has 4 rings (SSSR count). The van der Waals surface area contributed by atoms with Crippen molar-refractivity contribution in [1.82, 2.24) is 10.0 Å². The van der Waals surface area contributed by atoms with Crippen molar-refractivity contribution in [2.75, 3.05) is 19.7 Å². The lowest BCUT2D eigenvalue weighted by Gasteiger charge is -2.35. The molecule has 3 heterocycles. The largest absolute Gasteiger partial charge is 0.424 e. The quantitative estimate of drug-likeness (QED) is 0.784. The van der Waals surface area contributed by atoms with E-state index >= 15 is 0 Å². The van der Waals surface area contributed by atoms with Crippen molar-refractivity contribution in [3.8, 4) is 5.75 Å². The van der Waals surface area contributed by atoms with E-state index in [1.165, 1.54) is 0 Å². The summed E-state index contributed by atoms with van der Waals surface area (Å²) in [6.45, 7) is 3.21. The Morgan fingerprint density at radius 3 is 3.05 bits per heavy atom. The number of para-hydroxylation sites is 1. The number of fused-ring (bicyclic) bond motifs is 5. The molecule has 6 nitrogen and oxygen atoms in total. The van der Waals surface area contributed by atoms with Crippen LogP contribution in [-0.2, 0) is 13.9 Å². The van der Waals surface area contributed by atoms with Crippen molar-refractivity contribution in [3.05, 3.63) is 29.8 Å². The predicted molar refractivity (Wildman–Crippen MR) is 75.9 cm³/mol. The monoisotopic (exact) mass is 308 g/mol. The maximum atomic E-state index is 13.1. The van der Waals surface area contributed by atoms with E-state index in [1.54, 1.807) is 11.9 Å². The van der Waals surface area contributed by atoms with Gasteiger partial charge in [0.2, 0.25) is 5.91 Å². The first-order valence-corrected chi connectivity index (χ1v) is 8.85. The van der Waals surface area contributed by atoms with Crippen LogP contribution < -0.4 is 4.52 Å². The zero-order valence-corrected chi connectivity index (χ0v) is 12.7. The molecule has 1 aromatic rings. The second-order valence-electron chi connectivity index (χ2n) is 5.49. The number of nitrogens with zero attached hydrogens (tertiary/aromatic N) is 2. The first kappa shape index (κ1) is 13.3. The first-order chi connectivity index (χ1) is 10.1. The van der Waals surface area contributed by atoms with Gasteiger partial charge in [-0.25, -0.2) is 9.57 Å². The minimum absolute atomic E-state index is 0.0879. The fraction of sp³-hybridized carbons (Fsp3) is 0.500. The van der Waals surface area contributed by atoms with Crippen LogP contribution in [0.25, 0.3) is 0 Å². The Bertz CT molecular complexity index is 650. The lowest BCUT2D eigenvalue weighted by atomic mass is 10.0. The van der Waals surface area contributed by atoms with Gasteiger partial charge in [-0.15, -0.1) is 0 Å². The van der Waals surface area contributed by atoms with Gasteiger partial charge >= 0.3 is 7.60 Å². The highest BCUT2D eigenvalue weighted by atomic mass is 31.2. The third-order valence-electron chi connectivity index (χ3n) is 4.38. The molecule has 3 atom stereocenters. The molecule has 0 aromatic heterocycles. The van der Waals surface area contributed by atoms with Crippen LogP contribution in [0.15, 0.2) is 24.3 Å². The van der Waals surface area contributed by atoms with E-state index in [9.17, 15) is 9.36 Å². The van der Waals surface area contributed by atoms with E-state index in [2.05, 4.69) is 0 Å². The summed E-state index contributed by atoms with van der Waals surface area (Å²) in [5.41, 5.74) is 0.683. The molecule has 1 aromatic carbocycles. The zero-order valence-electron chi connectivity index (χ0n) is 11.8. The maximum Gasteiger partial charge on any atom is 0.386 e. The number of carbonyl (C=O) groups excluding carboxylic acids is 1. The van der Waals surface area contributed by atoms with Crippen LogP contribution in [0, 0.1) is 0 Å². The Morgan fingerprint density at radius 1 is 1.43 bits per heavy atom. The highest BCUT2D eigenvalue weighted by Gasteiger charge is 2.58. The van der Waals surface area contributed by atoms with Gasteiger partial charge in [-0.3, -0.25) is 14.3 Å². The summed E-state index contributed by atoms with van der Waals surface area (Å²) in [7, 11) is -3.27. The maximum absolute atomic E-state index is 13.1. The highest BCUT2D eigenvalue weighted by Crippen LogP contribution is 2.65. The third-order valence-corrected chi connectivity index (χ3v) is 6.70. The minimum Gasteiger partial charge on any atom is -0.424 e. The summed E-state index contributed by atoms with van der Waals surface area (Å²) in [5, 5.41) is 3.74. The molecular weight excluding hydrogens is 291 g/mol. The van der Waals surface area contributed by atoms with E-state index in [4.69, 9.17) is 9.05 Å². The van der Waals surface area contributed by atoms with Gasteiger partial charge in [-0.05, 0) is 13.0 Å². The zero-order chi connectivity index (χ0) is 14.6. The number of benzene rings is 1. The molecule has 0 radical (unpaired) electrons. The van der Waals surface area contributed by atoms with Crippen LogP contribution >= 0.6 is 7.60 Å². The van der Waals surface area contributed by atoms with Gasteiger partial charge in [-0.1, -0.05) is 18.2 Å². The van der Waals surface area contributed by atoms with Gasteiger partial charge < -0.3 is 4.52 Å². The summed E-state index contributed by atoms with van der Waals surface area (Å²) in [6, 6.07) is 7.50. The molecule has 0 saturated carbocycles. The average Bonchev–Trinajstić information content (AvgIpc) is 3.01. The van der Waals surface area contributed by atoms with Gasteiger partial charge in [-0.2, -0.15) is 0 Å². The van der Waals surface area contributed by atoms with Gasteiger partial charge in [0.25, 0.3) is 0 Å². The van der Waals surface area contributed by atoms with Crippen molar-refractivity contribution in [1.29, 1.82) is 0 Å². The molecule has 0 spiro atoms. The van der Waals surface area contributed by atoms with Gasteiger partial charge in [0.05, 0.1) is 19.2 Å². The molecule has 1 unspecified atom stereocenters. The molecule has 0 aliphatic carbocycles. The fourth-order valence-electron chi connectivity index (χ4n) is 3.53. The SMILES string of the molecule is CCOP1(=O)Oc2ccccc2[C@@H]2[C@H]1CN1C(=O)CCN21. The first-order valence-electron chi connectivity index (χ1n) is 7.24. The molecule has 21 heavy (non-hydrogen) atoms. The molecule has 3 aliphatic heterocycles. The van der Waals surface area contributed by atoms with Crippen LogP contribution in [0.2, 0.25) is 0 Å². The molecule has 2 fully saturated rings. The highest BCUT2D eigenvalue weighted by molar-refractivity contribution is 7.55. The molecule has 2 saturated heterocycles. The lowest BCUT2D eigenvalue weighted by molar-refractivity contribution is -0.135. The summed E-state index contributed by atoms with van der Waals surface area (Å²) in [6.07, 6.45) is 0.519. The molecule has 1 amide bonds. The number of hydrogen-bond acceptors (Lipinski definition) is 5. The minimum atomic E-state index is -3.27. The molecular formula is C14H17N2O4P. The van der Waals surface area contributed by atoms with E-state index < -0.39 is 7.60 Å². The number of amides is 1. The Balaban J connectivity index is 1.84. The fourth-order valence-corrected chi connectivity index (χ4v) is 5.73. The molecule has 0 bridgehead atoms. The van der Waals surface area contributed by atoms with Crippen molar-refractivity contribution in [2.45, 2.75) is 25.0 Å². The molecule has 7 heteroatoms. The Kier molecular flexibility index (Phi) is 2.89. The van der Waals surface area contributed by atoms with E-state index in [1.807, 2.05) is 29.3 Å². The van der Waals surface area contributed by atoms with Crippen molar-refractivity contribution in [2.24, 2.45) is 0 Å². The second-order valence-corrected chi connectivity index (χ2v) is 7.67. The standard InChI is InChI=1S/C14H17N2O4P/c1-2-19-21(18)12-9-16-13(17)7-8-15(16)14(12)10-5-3-4-6-11(10)20-21/h3-6,12,14H,2,7-9H2,1H3/t12-,14-,21?/m1/s1. The second kappa shape index (κ2) is 4.57. The van der Waals surface area contributed by atoms with Crippen LogP contribution in [0.3, 0.4) is 0 Å².